The van der Waals surface area contributed by atoms with E-state index in [0.29, 0.717) is 55.5 Å². The van der Waals surface area contributed by atoms with Crippen molar-refractivity contribution in [2.24, 2.45) is 0 Å². The molecule has 0 spiro atoms. The number of nitrogens with zero attached hydrogens (tertiary/aromatic N) is 3. The Balaban J connectivity index is 1.47. The predicted octanol–water partition coefficient (Wildman–Crippen LogP) is 1.64. The SMILES string of the molecule is COc1cccc(C(=O)NCCn2nc(C(=O)N3CCCC3)c3c2CCOC3)c1OC. The molecule has 1 saturated heterocycles. The van der Waals surface area contributed by atoms with Crippen molar-refractivity contribution < 1.29 is 23.8 Å². The summed E-state index contributed by atoms with van der Waals surface area (Å²) in [4.78, 5) is 27.5. The Bertz CT molecular complexity index is 965. The van der Waals surface area contributed by atoms with E-state index in [-0.39, 0.29) is 11.8 Å². The van der Waals surface area contributed by atoms with Gasteiger partial charge in [0.2, 0.25) is 0 Å². The van der Waals surface area contributed by atoms with Gasteiger partial charge in [-0.1, -0.05) is 6.07 Å². The molecule has 0 unspecified atom stereocenters. The molecule has 3 heterocycles. The minimum absolute atomic E-state index is 0.0249. The highest BCUT2D eigenvalue weighted by molar-refractivity contribution is 5.97. The zero-order valence-corrected chi connectivity index (χ0v) is 18.0. The molecule has 9 heteroatoms. The number of carbonyl (C=O) groups excluding carboxylic acids is 2. The second-order valence-electron chi connectivity index (χ2n) is 7.60. The summed E-state index contributed by atoms with van der Waals surface area (Å²) in [6, 6.07) is 5.18. The molecule has 31 heavy (non-hydrogen) atoms. The molecule has 0 radical (unpaired) electrons. The molecule has 2 amide bonds. The number of carbonyl (C=O) groups is 2. The van der Waals surface area contributed by atoms with E-state index in [9.17, 15) is 9.59 Å². The van der Waals surface area contributed by atoms with E-state index in [4.69, 9.17) is 14.2 Å². The predicted molar refractivity (Wildman–Crippen MR) is 113 cm³/mol. The van der Waals surface area contributed by atoms with Gasteiger partial charge in [-0.05, 0) is 25.0 Å². The number of fused-ring (bicyclic) bond motifs is 1. The number of ether oxygens (including phenoxy) is 3. The Hall–Kier alpha value is -3.07. The van der Waals surface area contributed by atoms with Gasteiger partial charge in [-0.3, -0.25) is 14.3 Å². The summed E-state index contributed by atoms with van der Waals surface area (Å²) < 4.78 is 18.0. The molecular formula is C22H28N4O5. The Morgan fingerprint density at radius 1 is 1.19 bits per heavy atom. The van der Waals surface area contributed by atoms with Crippen molar-refractivity contribution in [3.05, 3.63) is 40.7 Å². The van der Waals surface area contributed by atoms with Crippen molar-refractivity contribution in [1.82, 2.24) is 20.0 Å². The van der Waals surface area contributed by atoms with Crippen LogP contribution in [0.5, 0.6) is 11.5 Å². The van der Waals surface area contributed by atoms with Gasteiger partial charge >= 0.3 is 0 Å². The third kappa shape index (κ3) is 4.23. The number of likely N-dealkylation sites (tertiary alicyclic amines) is 1. The van der Waals surface area contributed by atoms with Crippen LogP contribution in [0.15, 0.2) is 18.2 Å². The van der Waals surface area contributed by atoms with Gasteiger partial charge in [0.05, 0.1) is 39.5 Å². The van der Waals surface area contributed by atoms with Crippen LogP contribution >= 0.6 is 0 Å². The summed E-state index contributed by atoms with van der Waals surface area (Å²) in [5, 5.41) is 7.53. The Morgan fingerprint density at radius 2 is 2.00 bits per heavy atom. The molecule has 0 atom stereocenters. The second-order valence-corrected chi connectivity index (χ2v) is 7.60. The van der Waals surface area contributed by atoms with Gasteiger partial charge < -0.3 is 24.4 Å². The molecule has 2 aromatic rings. The summed E-state index contributed by atoms with van der Waals surface area (Å²) in [5.41, 5.74) is 2.78. The Labute approximate surface area is 181 Å². The van der Waals surface area contributed by atoms with Crippen molar-refractivity contribution >= 4 is 11.8 Å². The number of rotatable bonds is 7. The second kappa shape index (κ2) is 9.38. The minimum Gasteiger partial charge on any atom is -0.493 e. The molecule has 4 rings (SSSR count). The number of hydrogen-bond acceptors (Lipinski definition) is 6. The first-order chi connectivity index (χ1) is 15.1. The molecule has 9 nitrogen and oxygen atoms in total. The molecule has 2 aliphatic heterocycles. The Morgan fingerprint density at radius 3 is 2.74 bits per heavy atom. The first kappa shape index (κ1) is 21.2. The van der Waals surface area contributed by atoms with E-state index in [0.717, 1.165) is 37.2 Å². The normalized spacial score (nSPS) is 15.5. The van der Waals surface area contributed by atoms with Crippen LogP contribution in [0, 0.1) is 0 Å². The van der Waals surface area contributed by atoms with Gasteiger partial charge in [-0.15, -0.1) is 0 Å². The van der Waals surface area contributed by atoms with Crippen molar-refractivity contribution in [2.45, 2.75) is 32.4 Å². The lowest BCUT2D eigenvalue weighted by Gasteiger charge is -2.17. The molecule has 1 aromatic heterocycles. The van der Waals surface area contributed by atoms with Crippen LogP contribution in [0.4, 0.5) is 0 Å². The zero-order chi connectivity index (χ0) is 21.8. The number of aromatic nitrogens is 2. The van der Waals surface area contributed by atoms with Gasteiger partial charge in [0.15, 0.2) is 17.2 Å². The van der Waals surface area contributed by atoms with Crippen molar-refractivity contribution in [1.29, 1.82) is 0 Å². The number of nitrogens with one attached hydrogen (secondary N) is 1. The van der Waals surface area contributed by atoms with E-state index >= 15 is 0 Å². The largest absolute Gasteiger partial charge is 0.493 e. The lowest BCUT2D eigenvalue weighted by molar-refractivity contribution is 0.0772. The smallest absolute Gasteiger partial charge is 0.274 e. The number of benzene rings is 1. The number of hydrogen-bond donors (Lipinski definition) is 1. The quantitative estimate of drug-likeness (QED) is 0.721. The van der Waals surface area contributed by atoms with E-state index < -0.39 is 0 Å². The lowest BCUT2D eigenvalue weighted by atomic mass is 10.1. The summed E-state index contributed by atoms with van der Waals surface area (Å²) >= 11 is 0. The zero-order valence-electron chi connectivity index (χ0n) is 18.0. The van der Waals surface area contributed by atoms with E-state index in [2.05, 4.69) is 10.4 Å². The minimum atomic E-state index is -0.256. The highest BCUT2D eigenvalue weighted by atomic mass is 16.5. The van der Waals surface area contributed by atoms with Crippen LogP contribution in [0.1, 0.15) is 44.9 Å². The lowest BCUT2D eigenvalue weighted by Crippen LogP contribution is -2.29. The first-order valence-electron chi connectivity index (χ1n) is 10.6. The van der Waals surface area contributed by atoms with Crippen molar-refractivity contribution in [3.8, 4) is 11.5 Å². The maximum absolute atomic E-state index is 12.9. The standard InChI is InChI=1S/C22H28N4O5/c1-29-18-7-5-6-15(20(18)30-2)21(27)23-9-12-26-17-8-13-31-14-16(17)19(24-26)22(28)25-10-3-4-11-25/h5-7H,3-4,8-14H2,1-2H3,(H,23,27). The van der Waals surface area contributed by atoms with Gasteiger partial charge in [-0.2, -0.15) is 5.10 Å². The number of para-hydroxylation sites is 1. The fourth-order valence-electron chi connectivity index (χ4n) is 4.17. The van der Waals surface area contributed by atoms with Gasteiger partial charge in [0.25, 0.3) is 11.8 Å². The Kier molecular flexibility index (Phi) is 6.41. The van der Waals surface area contributed by atoms with Crippen LogP contribution in [-0.4, -0.2) is 67.0 Å². The first-order valence-corrected chi connectivity index (χ1v) is 10.6. The maximum Gasteiger partial charge on any atom is 0.274 e. The van der Waals surface area contributed by atoms with Gasteiger partial charge in [0.1, 0.15) is 0 Å². The molecule has 1 fully saturated rings. The van der Waals surface area contributed by atoms with E-state index in [1.54, 1.807) is 18.2 Å². The fourth-order valence-corrected chi connectivity index (χ4v) is 4.17. The summed E-state index contributed by atoms with van der Waals surface area (Å²) in [5.74, 6) is 0.618. The average Bonchev–Trinajstić information content (AvgIpc) is 3.47. The molecule has 1 N–H and O–H groups in total. The van der Waals surface area contributed by atoms with Crippen molar-refractivity contribution in [3.63, 3.8) is 0 Å². The number of amides is 2. The molecule has 0 bridgehead atoms. The monoisotopic (exact) mass is 428 g/mol. The van der Waals surface area contributed by atoms with Crippen LogP contribution in [0.3, 0.4) is 0 Å². The van der Waals surface area contributed by atoms with Crippen LogP contribution in [0.25, 0.3) is 0 Å². The fraction of sp³-hybridized carbons (Fsp3) is 0.500. The maximum atomic E-state index is 12.9. The van der Waals surface area contributed by atoms with Gasteiger partial charge in [0, 0.05) is 37.3 Å². The third-order valence-electron chi connectivity index (χ3n) is 5.75. The number of methoxy groups -OCH3 is 2. The summed E-state index contributed by atoms with van der Waals surface area (Å²) in [6.07, 6.45) is 2.77. The molecule has 0 aliphatic carbocycles. The molecule has 1 aromatic carbocycles. The molecular weight excluding hydrogens is 400 g/mol. The van der Waals surface area contributed by atoms with Crippen LogP contribution < -0.4 is 14.8 Å². The van der Waals surface area contributed by atoms with E-state index in [1.165, 1.54) is 14.2 Å². The highest BCUT2D eigenvalue weighted by Gasteiger charge is 2.29. The third-order valence-corrected chi connectivity index (χ3v) is 5.75. The topological polar surface area (TPSA) is 94.9 Å². The molecule has 166 valence electrons. The van der Waals surface area contributed by atoms with Crippen molar-refractivity contribution in [2.75, 3.05) is 40.5 Å². The van der Waals surface area contributed by atoms with Crippen LogP contribution in [-0.2, 0) is 24.3 Å². The molecule has 0 saturated carbocycles. The van der Waals surface area contributed by atoms with Crippen LogP contribution in [0.2, 0.25) is 0 Å². The summed E-state index contributed by atoms with van der Waals surface area (Å²) in [7, 11) is 3.04. The summed E-state index contributed by atoms with van der Waals surface area (Å²) in [6.45, 7) is 3.39. The van der Waals surface area contributed by atoms with E-state index in [1.807, 2.05) is 9.58 Å². The molecule has 2 aliphatic rings. The highest BCUT2D eigenvalue weighted by Crippen LogP contribution is 2.30. The van der Waals surface area contributed by atoms with Gasteiger partial charge in [-0.25, -0.2) is 0 Å². The average molecular weight is 428 g/mol.